The van der Waals surface area contributed by atoms with Crippen LogP contribution in [0.2, 0.25) is 0 Å². The van der Waals surface area contributed by atoms with Crippen molar-refractivity contribution >= 4 is 0 Å². The molecule has 1 aromatic rings. The van der Waals surface area contributed by atoms with Gasteiger partial charge in [-0.25, -0.2) is 0 Å². The fourth-order valence-corrected chi connectivity index (χ4v) is 1.03. The van der Waals surface area contributed by atoms with Crippen LogP contribution in [0.4, 0.5) is 0 Å². The Bertz CT molecular complexity index is 321. The fraction of sp³-hybridized carbons (Fsp3) is 0.500. The first kappa shape index (κ1) is 10.9. The molecule has 0 bridgehead atoms. The maximum absolute atomic E-state index is 5.91. The Hall–Kier alpha value is -1.20. The molecule has 0 aliphatic rings. The molecule has 2 nitrogen and oxygen atoms in total. The van der Waals surface area contributed by atoms with Crippen LogP contribution in [-0.4, -0.2) is 0 Å². The molecule has 0 spiro atoms. The zero-order valence-electron chi connectivity index (χ0n) is 9.00. The number of nitrogens with two attached hydrogens (primary N) is 1. The quantitative estimate of drug-likeness (QED) is 0.730. The average molecular weight is 191 g/mol. The Labute approximate surface area is 85.5 Å². The highest BCUT2D eigenvalue weighted by Crippen LogP contribution is 2.15. The summed E-state index contributed by atoms with van der Waals surface area (Å²) in [6.45, 7) is 6.26. The zero-order chi connectivity index (χ0) is 10.6. The van der Waals surface area contributed by atoms with Crippen molar-refractivity contribution in [3.63, 3.8) is 0 Å². The minimum Gasteiger partial charge on any atom is -0.472 e. The van der Waals surface area contributed by atoms with Gasteiger partial charge in [-0.1, -0.05) is 5.92 Å². The van der Waals surface area contributed by atoms with Gasteiger partial charge in [-0.05, 0) is 26.8 Å². The van der Waals surface area contributed by atoms with Gasteiger partial charge in [-0.2, -0.15) is 0 Å². The van der Waals surface area contributed by atoms with E-state index >= 15 is 0 Å². The average Bonchev–Trinajstić information content (AvgIpc) is 2.53. The van der Waals surface area contributed by atoms with Gasteiger partial charge < -0.3 is 10.2 Å². The van der Waals surface area contributed by atoms with Gasteiger partial charge in [-0.3, -0.25) is 0 Å². The molecule has 1 rings (SSSR count). The lowest BCUT2D eigenvalue weighted by Crippen LogP contribution is -2.08. The van der Waals surface area contributed by atoms with Crippen LogP contribution in [0.3, 0.4) is 0 Å². The van der Waals surface area contributed by atoms with E-state index in [1.165, 1.54) is 0 Å². The van der Waals surface area contributed by atoms with E-state index in [0.717, 1.165) is 5.56 Å². The molecule has 0 radical (unpaired) electrons. The van der Waals surface area contributed by atoms with Crippen LogP contribution in [0.1, 0.15) is 38.8 Å². The minimum absolute atomic E-state index is 0.0383. The normalized spacial score (nSPS) is 13.1. The van der Waals surface area contributed by atoms with Gasteiger partial charge in [0.05, 0.1) is 12.5 Å². The minimum atomic E-state index is -0.0383. The van der Waals surface area contributed by atoms with Crippen molar-refractivity contribution in [2.75, 3.05) is 0 Å². The molecular weight excluding hydrogens is 174 g/mol. The summed E-state index contributed by atoms with van der Waals surface area (Å²) in [5, 5.41) is 0. The second-order valence-corrected chi connectivity index (χ2v) is 4.42. The van der Waals surface area contributed by atoms with E-state index in [4.69, 9.17) is 10.2 Å². The van der Waals surface area contributed by atoms with Gasteiger partial charge in [-0.15, -0.1) is 5.92 Å². The SMILES string of the molecule is CC(C)(C)C#CCC(N)c1ccoc1. The van der Waals surface area contributed by atoms with Gasteiger partial charge in [0, 0.05) is 23.4 Å². The van der Waals surface area contributed by atoms with Crippen LogP contribution < -0.4 is 5.73 Å². The van der Waals surface area contributed by atoms with E-state index in [1.807, 2.05) is 6.07 Å². The van der Waals surface area contributed by atoms with E-state index in [1.54, 1.807) is 12.5 Å². The smallest absolute Gasteiger partial charge is 0.0950 e. The number of hydrogen-bond donors (Lipinski definition) is 1. The lowest BCUT2D eigenvalue weighted by atomic mass is 9.97. The number of furan rings is 1. The highest BCUT2D eigenvalue weighted by Gasteiger charge is 2.06. The van der Waals surface area contributed by atoms with Crippen LogP contribution in [0, 0.1) is 17.3 Å². The van der Waals surface area contributed by atoms with Crippen molar-refractivity contribution < 1.29 is 4.42 Å². The standard InChI is InChI=1S/C12H17NO/c1-12(2,3)7-4-5-11(13)10-6-8-14-9-10/h6,8-9,11H,5,13H2,1-3H3. The van der Waals surface area contributed by atoms with Crippen molar-refractivity contribution in [2.45, 2.75) is 33.2 Å². The summed E-state index contributed by atoms with van der Waals surface area (Å²) in [5.41, 5.74) is 6.97. The molecule has 76 valence electrons. The molecule has 2 heteroatoms. The zero-order valence-corrected chi connectivity index (χ0v) is 9.00. The summed E-state index contributed by atoms with van der Waals surface area (Å²) in [6, 6.07) is 1.84. The van der Waals surface area contributed by atoms with Crippen molar-refractivity contribution in [1.29, 1.82) is 0 Å². The number of rotatable bonds is 2. The molecule has 14 heavy (non-hydrogen) atoms. The van der Waals surface area contributed by atoms with E-state index in [-0.39, 0.29) is 11.5 Å². The van der Waals surface area contributed by atoms with E-state index in [0.29, 0.717) is 6.42 Å². The van der Waals surface area contributed by atoms with Gasteiger partial charge in [0.15, 0.2) is 0 Å². The molecule has 0 aliphatic carbocycles. The molecule has 0 saturated carbocycles. The third-order valence-corrected chi connectivity index (χ3v) is 1.76. The van der Waals surface area contributed by atoms with Gasteiger partial charge in [0.25, 0.3) is 0 Å². The van der Waals surface area contributed by atoms with Crippen LogP contribution in [0.5, 0.6) is 0 Å². The Morgan fingerprint density at radius 1 is 1.50 bits per heavy atom. The molecule has 1 unspecified atom stereocenters. The second-order valence-electron chi connectivity index (χ2n) is 4.42. The van der Waals surface area contributed by atoms with Crippen molar-refractivity contribution in [2.24, 2.45) is 11.1 Å². The third-order valence-electron chi connectivity index (χ3n) is 1.76. The Balaban J connectivity index is 2.50. The molecule has 1 heterocycles. The molecule has 0 aromatic carbocycles. The van der Waals surface area contributed by atoms with Gasteiger partial charge in [0.2, 0.25) is 0 Å². The van der Waals surface area contributed by atoms with E-state index in [2.05, 4.69) is 32.6 Å². The van der Waals surface area contributed by atoms with Crippen molar-refractivity contribution in [1.82, 2.24) is 0 Å². The second kappa shape index (κ2) is 4.34. The lowest BCUT2D eigenvalue weighted by molar-refractivity contribution is 0.558. The summed E-state index contributed by atoms with van der Waals surface area (Å²) in [5.74, 6) is 6.25. The summed E-state index contributed by atoms with van der Waals surface area (Å²) >= 11 is 0. The first-order chi connectivity index (χ1) is 6.49. The summed E-state index contributed by atoms with van der Waals surface area (Å²) in [7, 11) is 0. The molecular formula is C12H17NO. The van der Waals surface area contributed by atoms with Crippen LogP contribution in [0.25, 0.3) is 0 Å². The fourth-order valence-electron chi connectivity index (χ4n) is 1.03. The number of hydrogen-bond acceptors (Lipinski definition) is 2. The van der Waals surface area contributed by atoms with Gasteiger partial charge >= 0.3 is 0 Å². The van der Waals surface area contributed by atoms with E-state index in [9.17, 15) is 0 Å². The summed E-state index contributed by atoms with van der Waals surface area (Å²) < 4.78 is 4.95. The monoisotopic (exact) mass is 191 g/mol. The molecule has 0 fully saturated rings. The Morgan fingerprint density at radius 2 is 2.21 bits per heavy atom. The Kier molecular flexibility index (Phi) is 3.38. The summed E-state index contributed by atoms with van der Waals surface area (Å²) in [6.07, 6.45) is 3.98. The highest BCUT2D eigenvalue weighted by molar-refractivity contribution is 5.16. The predicted molar refractivity (Wildman–Crippen MR) is 57.5 cm³/mol. The molecule has 1 aromatic heterocycles. The first-order valence-electron chi connectivity index (χ1n) is 4.77. The topological polar surface area (TPSA) is 39.2 Å². The molecule has 0 aliphatic heterocycles. The van der Waals surface area contributed by atoms with Crippen LogP contribution in [-0.2, 0) is 0 Å². The first-order valence-corrected chi connectivity index (χ1v) is 4.77. The Morgan fingerprint density at radius 3 is 2.71 bits per heavy atom. The van der Waals surface area contributed by atoms with Crippen molar-refractivity contribution in [3.05, 3.63) is 24.2 Å². The van der Waals surface area contributed by atoms with Crippen LogP contribution >= 0.6 is 0 Å². The third kappa shape index (κ3) is 3.68. The molecule has 0 saturated heterocycles. The van der Waals surface area contributed by atoms with Gasteiger partial charge in [0.1, 0.15) is 0 Å². The van der Waals surface area contributed by atoms with Crippen molar-refractivity contribution in [3.8, 4) is 11.8 Å². The molecule has 0 amide bonds. The lowest BCUT2D eigenvalue weighted by Gasteiger charge is -2.08. The predicted octanol–water partition coefficient (Wildman–Crippen LogP) is 2.72. The maximum Gasteiger partial charge on any atom is 0.0950 e. The van der Waals surface area contributed by atoms with Crippen LogP contribution in [0.15, 0.2) is 23.0 Å². The summed E-state index contributed by atoms with van der Waals surface area (Å²) in [4.78, 5) is 0. The van der Waals surface area contributed by atoms with E-state index < -0.39 is 0 Å². The largest absolute Gasteiger partial charge is 0.472 e. The maximum atomic E-state index is 5.91. The molecule has 1 atom stereocenters. The molecule has 2 N–H and O–H groups in total. The highest BCUT2D eigenvalue weighted by atomic mass is 16.3.